The van der Waals surface area contributed by atoms with Crippen LogP contribution in [0.4, 0.5) is 0 Å². The first-order valence-corrected chi connectivity index (χ1v) is 3.10. The Balaban J connectivity index is 2.87. The monoisotopic (exact) mass is 149 g/mol. The summed E-state index contributed by atoms with van der Waals surface area (Å²) in [6.45, 7) is 0. The zero-order chi connectivity index (χ0) is 8.10. The van der Waals surface area contributed by atoms with Crippen LogP contribution in [0.25, 0.3) is 0 Å². The highest BCUT2D eigenvalue weighted by Crippen LogP contribution is 1.99. The fourth-order valence-electron chi connectivity index (χ4n) is 0.641. The molecule has 0 aliphatic carbocycles. The van der Waals surface area contributed by atoms with Crippen LogP contribution in [0.3, 0.4) is 0 Å². The highest BCUT2D eigenvalue weighted by molar-refractivity contribution is 5.91. The van der Waals surface area contributed by atoms with E-state index in [1.807, 2.05) is 0 Å². The third kappa shape index (κ3) is 2.21. The van der Waals surface area contributed by atoms with Gasteiger partial charge in [-0.3, -0.25) is 4.99 Å². The van der Waals surface area contributed by atoms with Crippen molar-refractivity contribution < 1.29 is 9.90 Å². The van der Waals surface area contributed by atoms with Crippen LogP contribution >= 0.6 is 0 Å². The Morgan fingerprint density at radius 1 is 1.45 bits per heavy atom. The van der Waals surface area contributed by atoms with Crippen LogP contribution in [-0.4, -0.2) is 17.3 Å². The van der Waals surface area contributed by atoms with Gasteiger partial charge in [-0.15, -0.1) is 0 Å². The van der Waals surface area contributed by atoms with E-state index >= 15 is 0 Å². The molecule has 0 amide bonds. The van der Waals surface area contributed by atoms with Gasteiger partial charge in [0, 0.05) is 12.4 Å². The van der Waals surface area contributed by atoms with Crippen molar-refractivity contribution in [1.82, 2.24) is 0 Å². The quantitative estimate of drug-likeness (QED) is 0.608. The molecule has 1 aliphatic heterocycles. The van der Waals surface area contributed by atoms with Gasteiger partial charge in [0.2, 0.25) is 0 Å². The highest BCUT2D eigenvalue weighted by atomic mass is 16.4. The van der Waals surface area contributed by atoms with Crippen LogP contribution in [0.2, 0.25) is 0 Å². The molecule has 0 aromatic rings. The molecule has 0 aromatic heterocycles. The van der Waals surface area contributed by atoms with Crippen molar-refractivity contribution in [3.05, 3.63) is 36.1 Å². The molecule has 0 spiro atoms. The van der Waals surface area contributed by atoms with Crippen molar-refractivity contribution in [2.45, 2.75) is 0 Å². The van der Waals surface area contributed by atoms with Gasteiger partial charge in [0.15, 0.2) is 0 Å². The van der Waals surface area contributed by atoms with Crippen molar-refractivity contribution >= 4 is 12.2 Å². The maximum absolute atomic E-state index is 10.4. The zero-order valence-corrected chi connectivity index (χ0v) is 5.77. The Kier molecular flexibility index (Phi) is 2.38. The summed E-state index contributed by atoms with van der Waals surface area (Å²) in [4.78, 5) is 14.2. The number of hydrogen-bond acceptors (Lipinski definition) is 2. The van der Waals surface area contributed by atoms with Gasteiger partial charge in [-0.25, -0.2) is 4.79 Å². The molecule has 1 rings (SSSR count). The molecule has 11 heavy (non-hydrogen) atoms. The summed E-state index contributed by atoms with van der Waals surface area (Å²) in [5, 5.41) is 8.56. The topological polar surface area (TPSA) is 49.7 Å². The number of carboxylic acid groups (broad SMARTS) is 1. The molecule has 0 aromatic carbocycles. The summed E-state index contributed by atoms with van der Waals surface area (Å²) in [6, 6.07) is 0. The third-order valence-electron chi connectivity index (χ3n) is 1.14. The van der Waals surface area contributed by atoms with Gasteiger partial charge >= 0.3 is 5.97 Å². The van der Waals surface area contributed by atoms with Crippen LogP contribution in [-0.2, 0) is 4.79 Å². The number of carboxylic acids is 1. The predicted molar refractivity (Wildman–Crippen MR) is 42.5 cm³/mol. The van der Waals surface area contributed by atoms with Gasteiger partial charge < -0.3 is 5.11 Å². The lowest BCUT2D eigenvalue weighted by Crippen LogP contribution is -1.97. The fraction of sp³-hybridized carbons (Fsp3) is 0. The number of carbonyl (C=O) groups is 1. The Hall–Kier alpha value is -1.64. The number of allylic oxidation sites excluding steroid dienone is 3. The molecular weight excluding hydrogens is 142 g/mol. The molecular formula is C8H7NO2. The van der Waals surface area contributed by atoms with Crippen molar-refractivity contribution in [2.75, 3.05) is 0 Å². The van der Waals surface area contributed by atoms with E-state index in [-0.39, 0.29) is 5.57 Å². The van der Waals surface area contributed by atoms with Crippen LogP contribution in [0.1, 0.15) is 0 Å². The molecule has 1 N–H and O–H groups in total. The van der Waals surface area contributed by atoms with E-state index < -0.39 is 5.97 Å². The summed E-state index contributed by atoms with van der Waals surface area (Å²) in [6.07, 6.45) is 9.23. The van der Waals surface area contributed by atoms with Crippen LogP contribution in [0, 0.1) is 0 Å². The van der Waals surface area contributed by atoms with Gasteiger partial charge in [0.25, 0.3) is 0 Å². The molecule has 0 bridgehead atoms. The molecule has 0 atom stereocenters. The van der Waals surface area contributed by atoms with E-state index in [0.29, 0.717) is 0 Å². The molecule has 1 heterocycles. The second kappa shape index (κ2) is 3.51. The van der Waals surface area contributed by atoms with Gasteiger partial charge in [-0.05, 0) is 24.3 Å². The Bertz CT molecular complexity index is 272. The van der Waals surface area contributed by atoms with Crippen LogP contribution < -0.4 is 0 Å². The van der Waals surface area contributed by atoms with E-state index in [4.69, 9.17) is 5.11 Å². The van der Waals surface area contributed by atoms with Gasteiger partial charge in [-0.1, -0.05) is 0 Å². The fourth-order valence-corrected chi connectivity index (χ4v) is 0.641. The molecule has 3 heteroatoms. The number of hydrogen-bond donors (Lipinski definition) is 1. The normalized spacial score (nSPS) is 15.5. The molecule has 0 fully saturated rings. The Labute approximate surface area is 64.1 Å². The lowest BCUT2D eigenvalue weighted by Gasteiger charge is -1.91. The second-order valence-corrected chi connectivity index (χ2v) is 1.93. The largest absolute Gasteiger partial charge is 0.478 e. The Morgan fingerprint density at radius 2 is 2.27 bits per heavy atom. The zero-order valence-electron chi connectivity index (χ0n) is 5.77. The molecule has 3 nitrogen and oxygen atoms in total. The lowest BCUT2D eigenvalue weighted by atomic mass is 10.2. The molecule has 56 valence electrons. The third-order valence-corrected chi connectivity index (χ3v) is 1.14. The second-order valence-electron chi connectivity index (χ2n) is 1.93. The average molecular weight is 149 g/mol. The van der Waals surface area contributed by atoms with E-state index in [9.17, 15) is 4.79 Å². The predicted octanol–water partition coefficient (Wildman–Crippen LogP) is 1.15. The van der Waals surface area contributed by atoms with Gasteiger partial charge in [0.1, 0.15) is 0 Å². The Morgan fingerprint density at radius 3 is 3.00 bits per heavy atom. The molecule has 0 saturated heterocycles. The van der Waals surface area contributed by atoms with E-state index in [1.54, 1.807) is 12.2 Å². The van der Waals surface area contributed by atoms with E-state index in [0.717, 1.165) is 0 Å². The molecule has 1 aliphatic rings. The van der Waals surface area contributed by atoms with Crippen LogP contribution in [0.15, 0.2) is 41.1 Å². The molecule has 0 saturated carbocycles. The number of rotatable bonds is 1. The number of aliphatic imine (C=N–C) groups is 1. The summed E-state index contributed by atoms with van der Waals surface area (Å²) < 4.78 is 0. The lowest BCUT2D eigenvalue weighted by molar-refractivity contribution is -0.132. The molecule has 0 unspecified atom stereocenters. The smallest absolute Gasteiger partial charge is 0.335 e. The van der Waals surface area contributed by atoms with E-state index in [1.165, 1.54) is 24.6 Å². The average Bonchev–Trinajstić information content (AvgIpc) is 1.84. The van der Waals surface area contributed by atoms with Gasteiger partial charge in [-0.2, -0.15) is 0 Å². The van der Waals surface area contributed by atoms with Crippen molar-refractivity contribution in [1.29, 1.82) is 0 Å². The standard InChI is InChI=1S/C8H7NO2/c10-8(11)7-3-1-5-9-6-2-4-7/h1-6H,(H,10,11). The summed E-state index contributed by atoms with van der Waals surface area (Å²) in [5.41, 5.74) is 0.257. The minimum absolute atomic E-state index is 0.257. The van der Waals surface area contributed by atoms with Crippen molar-refractivity contribution in [3.63, 3.8) is 0 Å². The number of aliphatic carboxylic acids is 1. The molecule has 0 radical (unpaired) electrons. The summed E-state index contributed by atoms with van der Waals surface area (Å²) >= 11 is 0. The van der Waals surface area contributed by atoms with E-state index in [2.05, 4.69) is 4.99 Å². The highest BCUT2D eigenvalue weighted by Gasteiger charge is 1.99. The summed E-state index contributed by atoms with van der Waals surface area (Å²) in [5.74, 6) is -0.929. The minimum atomic E-state index is -0.929. The van der Waals surface area contributed by atoms with Crippen molar-refractivity contribution in [3.8, 4) is 0 Å². The SMILES string of the molecule is O=C(O)C1=CC=CN=CC=C1. The maximum Gasteiger partial charge on any atom is 0.335 e. The van der Waals surface area contributed by atoms with Gasteiger partial charge in [0.05, 0.1) is 5.57 Å². The first kappa shape index (κ1) is 7.47. The first-order chi connectivity index (χ1) is 5.30. The first-order valence-electron chi connectivity index (χ1n) is 3.10. The maximum atomic E-state index is 10.4. The summed E-state index contributed by atoms with van der Waals surface area (Å²) in [7, 11) is 0. The van der Waals surface area contributed by atoms with Crippen molar-refractivity contribution in [2.24, 2.45) is 4.99 Å². The number of nitrogens with zero attached hydrogens (tertiary/aromatic N) is 1. The minimum Gasteiger partial charge on any atom is -0.478 e. The van der Waals surface area contributed by atoms with Crippen LogP contribution in [0.5, 0.6) is 0 Å².